The minimum atomic E-state index is -0.0372. The highest BCUT2D eigenvalue weighted by Crippen LogP contribution is 2.24. The van der Waals surface area contributed by atoms with Crippen molar-refractivity contribution in [2.24, 2.45) is 0 Å². The topological polar surface area (TPSA) is 55.1 Å². The molecule has 0 bridgehead atoms. The van der Waals surface area contributed by atoms with Gasteiger partial charge in [0.25, 0.3) is 5.22 Å². The van der Waals surface area contributed by atoms with Crippen molar-refractivity contribution in [3.63, 3.8) is 0 Å². The number of rotatable bonds is 5. The van der Waals surface area contributed by atoms with Gasteiger partial charge in [-0.15, -0.1) is 0 Å². The van der Waals surface area contributed by atoms with Gasteiger partial charge in [-0.1, -0.05) is 48.2 Å². The highest BCUT2D eigenvalue weighted by molar-refractivity contribution is 7.99. The van der Waals surface area contributed by atoms with E-state index < -0.39 is 0 Å². The summed E-state index contributed by atoms with van der Waals surface area (Å²) in [5.74, 6) is 0.244. The van der Waals surface area contributed by atoms with Crippen LogP contribution in [0.4, 0.5) is 0 Å². The highest BCUT2D eigenvalue weighted by Gasteiger charge is 2.12. The number of thioether (sulfide) groups is 1. The summed E-state index contributed by atoms with van der Waals surface area (Å²) in [5, 5.41) is 3.50. The lowest BCUT2D eigenvalue weighted by Gasteiger charge is -2.13. The molecule has 3 aromatic rings. The molecule has 1 aromatic heterocycles. The van der Waals surface area contributed by atoms with Crippen molar-refractivity contribution in [3.8, 4) is 0 Å². The average Bonchev–Trinajstić information content (AvgIpc) is 2.95. The zero-order valence-electron chi connectivity index (χ0n) is 13.1. The molecule has 0 aliphatic rings. The zero-order valence-corrected chi connectivity index (χ0v) is 13.9. The van der Waals surface area contributed by atoms with Crippen LogP contribution in [-0.2, 0) is 4.79 Å². The molecule has 3 rings (SSSR count). The molecule has 1 N–H and O–H groups in total. The lowest BCUT2D eigenvalue weighted by atomic mass is 10.1. The summed E-state index contributed by atoms with van der Waals surface area (Å²) < 4.78 is 5.66. The van der Waals surface area contributed by atoms with Crippen LogP contribution in [-0.4, -0.2) is 16.6 Å². The molecule has 0 unspecified atom stereocenters. The summed E-state index contributed by atoms with van der Waals surface area (Å²) >= 11 is 1.31. The number of amides is 1. The number of oxazole rings is 1. The maximum atomic E-state index is 12.1. The number of hydrogen-bond donors (Lipinski definition) is 1. The summed E-state index contributed by atoms with van der Waals surface area (Å²) in [7, 11) is 0. The van der Waals surface area contributed by atoms with Gasteiger partial charge in [-0.3, -0.25) is 4.79 Å². The lowest BCUT2D eigenvalue weighted by Crippen LogP contribution is -2.28. The van der Waals surface area contributed by atoms with Crippen LogP contribution in [0.1, 0.15) is 24.1 Å². The highest BCUT2D eigenvalue weighted by atomic mass is 32.2. The number of aryl methyl sites for hydroxylation is 1. The van der Waals surface area contributed by atoms with Crippen molar-refractivity contribution in [1.82, 2.24) is 10.3 Å². The van der Waals surface area contributed by atoms with Gasteiger partial charge in [0.05, 0.1) is 11.8 Å². The summed E-state index contributed by atoms with van der Waals surface area (Å²) in [5.41, 5.74) is 3.78. The van der Waals surface area contributed by atoms with E-state index in [1.807, 2.05) is 62.4 Å². The van der Waals surface area contributed by atoms with Crippen LogP contribution < -0.4 is 5.32 Å². The maximum absolute atomic E-state index is 12.1. The fourth-order valence-electron chi connectivity index (χ4n) is 2.31. The first kappa shape index (κ1) is 15.6. The Kier molecular flexibility index (Phi) is 4.67. The summed E-state index contributed by atoms with van der Waals surface area (Å²) in [4.78, 5) is 16.4. The van der Waals surface area contributed by atoms with Crippen LogP contribution in [0.15, 0.2) is 58.2 Å². The van der Waals surface area contributed by atoms with E-state index in [1.165, 1.54) is 11.8 Å². The van der Waals surface area contributed by atoms with Crippen molar-refractivity contribution in [2.75, 3.05) is 5.75 Å². The van der Waals surface area contributed by atoms with E-state index >= 15 is 0 Å². The molecule has 1 heterocycles. The predicted octanol–water partition coefficient (Wildman–Crippen LogP) is 4.11. The Balaban J connectivity index is 1.57. The Morgan fingerprint density at radius 2 is 2.04 bits per heavy atom. The summed E-state index contributed by atoms with van der Waals surface area (Å²) in [6, 6.07) is 15.7. The number of benzene rings is 2. The largest absolute Gasteiger partial charge is 0.431 e. The van der Waals surface area contributed by atoms with Gasteiger partial charge in [-0.2, -0.15) is 0 Å². The van der Waals surface area contributed by atoms with Crippen LogP contribution in [0.3, 0.4) is 0 Å². The third-order valence-corrected chi connectivity index (χ3v) is 4.36. The molecule has 0 radical (unpaired) electrons. The fraction of sp³-hybridized carbons (Fsp3) is 0.222. The van der Waals surface area contributed by atoms with E-state index in [9.17, 15) is 4.79 Å². The third-order valence-electron chi connectivity index (χ3n) is 3.53. The molecule has 23 heavy (non-hydrogen) atoms. The van der Waals surface area contributed by atoms with Gasteiger partial charge in [-0.25, -0.2) is 4.98 Å². The Hall–Kier alpha value is -2.27. The van der Waals surface area contributed by atoms with Crippen molar-refractivity contribution in [2.45, 2.75) is 25.1 Å². The van der Waals surface area contributed by atoms with Crippen LogP contribution in [0.5, 0.6) is 0 Å². The Morgan fingerprint density at radius 3 is 2.83 bits per heavy atom. The van der Waals surface area contributed by atoms with E-state index in [1.54, 1.807) is 0 Å². The molecule has 2 aromatic carbocycles. The molecule has 0 aliphatic heterocycles. The third kappa shape index (κ3) is 3.93. The fourth-order valence-corrected chi connectivity index (χ4v) is 2.96. The number of carbonyl (C=O) groups excluding carboxylic acids is 1. The SMILES string of the molecule is Cc1ccc2nc(SCC(=O)N[C@H](C)c3ccccc3)oc2c1. The second kappa shape index (κ2) is 6.87. The van der Waals surface area contributed by atoms with E-state index in [0.717, 1.165) is 22.2 Å². The molecule has 5 heteroatoms. The molecule has 0 saturated heterocycles. The quantitative estimate of drug-likeness (QED) is 0.717. The number of nitrogens with zero attached hydrogens (tertiary/aromatic N) is 1. The second-order valence-corrected chi connectivity index (χ2v) is 6.37. The Labute approximate surface area is 139 Å². The number of hydrogen-bond acceptors (Lipinski definition) is 4. The van der Waals surface area contributed by atoms with E-state index in [0.29, 0.717) is 5.22 Å². The molecule has 0 aliphatic carbocycles. The van der Waals surface area contributed by atoms with Gasteiger partial charge in [-0.05, 0) is 37.1 Å². The minimum Gasteiger partial charge on any atom is -0.431 e. The van der Waals surface area contributed by atoms with E-state index in [2.05, 4.69) is 10.3 Å². The normalized spacial score (nSPS) is 12.3. The monoisotopic (exact) mass is 326 g/mol. The van der Waals surface area contributed by atoms with Gasteiger partial charge in [0.1, 0.15) is 5.52 Å². The Bertz CT molecular complexity index is 814. The number of nitrogens with one attached hydrogen (secondary N) is 1. The van der Waals surface area contributed by atoms with Crippen LogP contribution >= 0.6 is 11.8 Å². The molecular formula is C18H18N2O2S. The van der Waals surface area contributed by atoms with Gasteiger partial charge in [0.15, 0.2) is 5.58 Å². The molecular weight excluding hydrogens is 308 g/mol. The van der Waals surface area contributed by atoms with Crippen LogP contribution in [0, 0.1) is 6.92 Å². The first-order valence-electron chi connectivity index (χ1n) is 7.46. The van der Waals surface area contributed by atoms with Crippen LogP contribution in [0.2, 0.25) is 0 Å². The Morgan fingerprint density at radius 1 is 1.26 bits per heavy atom. The number of fused-ring (bicyclic) bond motifs is 1. The minimum absolute atomic E-state index is 0.0180. The summed E-state index contributed by atoms with van der Waals surface area (Å²) in [6.45, 7) is 3.98. The first-order valence-corrected chi connectivity index (χ1v) is 8.44. The summed E-state index contributed by atoms with van der Waals surface area (Å²) in [6.07, 6.45) is 0. The van der Waals surface area contributed by atoms with Crippen molar-refractivity contribution in [1.29, 1.82) is 0 Å². The zero-order chi connectivity index (χ0) is 16.2. The van der Waals surface area contributed by atoms with Gasteiger partial charge in [0, 0.05) is 0 Å². The molecule has 1 atom stereocenters. The molecule has 118 valence electrons. The van der Waals surface area contributed by atoms with Crippen molar-refractivity contribution >= 4 is 28.8 Å². The first-order chi connectivity index (χ1) is 11.1. The smallest absolute Gasteiger partial charge is 0.257 e. The van der Waals surface area contributed by atoms with Gasteiger partial charge >= 0.3 is 0 Å². The molecule has 1 amide bonds. The van der Waals surface area contributed by atoms with Gasteiger partial charge < -0.3 is 9.73 Å². The maximum Gasteiger partial charge on any atom is 0.257 e. The molecule has 0 saturated carbocycles. The van der Waals surface area contributed by atoms with E-state index in [-0.39, 0.29) is 17.7 Å². The van der Waals surface area contributed by atoms with Crippen molar-refractivity contribution < 1.29 is 9.21 Å². The van der Waals surface area contributed by atoms with Gasteiger partial charge in [0.2, 0.25) is 5.91 Å². The average molecular weight is 326 g/mol. The molecule has 0 fully saturated rings. The lowest BCUT2D eigenvalue weighted by molar-refractivity contribution is -0.119. The predicted molar refractivity (Wildman–Crippen MR) is 92.5 cm³/mol. The molecule has 4 nitrogen and oxygen atoms in total. The second-order valence-electron chi connectivity index (χ2n) is 5.44. The van der Waals surface area contributed by atoms with Crippen LogP contribution in [0.25, 0.3) is 11.1 Å². The number of aromatic nitrogens is 1. The van der Waals surface area contributed by atoms with E-state index in [4.69, 9.17) is 4.42 Å². The standard InChI is InChI=1S/C18H18N2O2S/c1-12-8-9-15-16(10-12)22-18(20-15)23-11-17(21)19-13(2)14-6-4-3-5-7-14/h3-10,13H,11H2,1-2H3,(H,19,21)/t13-/m1/s1. The van der Waals surface area contributed by atoms with Crippen molar-refractivity contribution in [3.05, 3.63) is 59.7 Å². The molecule has 0 spiro atoms. The number of carbonyl (C=O) groups is 1.